The van der Waals surface area contributed by atoms with Gasteiger partial charge in [0, 0.05) is 13.7 Å². The van der Waals surface area contributed by atoms with Gasteiger partial charge >= 0.3 is 6.09 Å². The van der Waals surface area contributed by atoms with E-state index >= 15 is 0 Å². The third-order valence-electron chi connectivity index (χ3n) is 2.82. The molecule has 0 bridgehead atoms. The van der Waals surface area contributed by atoms with Gasteiger partial charge in [0.25, 0.3) is 5.91 Å². The Kier molecular flexibility index (Phi) is 5.94. The molecule has 0 saturated heterocycles. The van der Waals surface area contributed by atoms with Gasteiger partial charge in [-0.15, -0.1) is 0 Å². The molecule has 2 N–H and O–H groups in total. The molecule has 2 aromatic carbocycles. The van der Waals surface area contributed by atoms with Crippen LogP contribution in [0.15, 0.2) is 40.9 Å². The van der Waals surface area contributed by atoms with Crippen LogP contribution in [0.25, 0.3) is 0 Å². The Hall–Kier alpha value is -1.68. The maximum Gasteiger partial charge on any atom is 0.411 e. The van der Waals surface area contributed by atoms with Crippen LogP contribution >= 0.6 is 38.5 Å². The Morgan fingerprint density at radius 1 is 1.17 bits per heavy atom. The lowest BCUT2D eigenvalue weighted by atomic mass is 10.2. The molecule has 0 saturated carbocycles. The van der Waals surface area contributed by atoms with Gasteiger partial charge in [-0.2, -0.15) is 0 Å². The number of amides is 2. The summed E-state index contributed by atoms with van der Waals surface area (Å²) in [5.74, 6) is -0.975. The maximum atomic E-state index is 13.7. The van der Waals surface area contributed by atoms with E-state index in [1.807, 2.05) is 6.07 Å². The smallest absolute Gasteiger partial charge is 0.411 e. The van der Waals surface area contributed by atoms with Crippen LogP contribution in [0.2, 0.25) is 0 Å². The molecule has 0 aromatic heterocycles. The van der Waals surface area contributed by atoms with E-state index < -0.39 is 11.9 Å². The molecule has 8 heteroatoms. The van der Waals surface area contributed by atoms with Crippen molar-refractivity contribution in [1.29, 1.82) is 0 Å². The monoisotopic (exact) mass is 492 g/mol. The van der Waals surface area contributed by atoms with Crippen LogP contribution in [0.4, 0.5) is 20.6 Å². The van der Waals surface area contributed by atoms with Crippen molar-refractivity contribution in [2.75, 3.05) is 17.7 Å². The Labute approximate surface area is 153 Å². The van der Waals surface area contributed by atoms with Crippen molar-refractivity contribution < 1.29 is 18.7 Å². The first-order chi connectivity index (χ1) is 10.9. The second-order valence-corrected chi connectivity index (χ2v) is 6.47. The van der Waals surface area contributed by atoms with E-state index in [1.54, 1.807) is 12.1 Å². The Morgan fingerprint density at radius 3 is 2.61 bits per heavy atom. The number of benzene rings is 2. The van der Waals surface area contributed by atoms with Crippen LogP contribution in [0.1, 0.15) is 10.4 Å². The number of anilines is 2. The van der Waals surface area contributed by atoms with Gasteiger partial charge in [0.05, 0.1) is 18.4 Å². The molecular weight excluding hydrogens is 482 g/mol. The zero-order valence-electron chi connectivity index (χ0n) is 11.8. The predicted octanol–water partition coefficient (Wildman–Crippen LogP) is 4.62. The maximum absolute atomic E-state index is 13.7. The normalized spacial score (nSPS) is 10.1. The fourth-order valence-corrected chi connectivity index (χ4v) is 2.67. The third-order valence-corrected chi connectivity index (χ3v) is 4.25. The highest BCUT2D eigenvalue weighted by Gasteiger charge is 2.13. The molecule has 23 heavy (non-hydrogen) atoms. The summed E-state index contributed by atoms with van der Waals surface area (Å²) in [7, 11) is 1.17. The van der Waals surface area contributed by atoms with Crippen LogP contribution in [0.3, 0.4) is 0 Å². The van der Waals surface area contributed by atoms with Crippen LogP contribution in [-0.2, 0) is 4.74 Å². The van der Waals surface area contributed by atoms with Gasteiger partial charge < -0.3 is 10.1 Å². The zero-order valence-corrected chi connectivity index (χ0v) is 15.6. The predicted molar refractivity (Wildman–Crippen MR) is 97.2 cm³/mol. The molecule has 0 aliphatic heterocycles. The van der Waals surface area contributed by atoms with Crippen molar-refractivity contribution in [2.45, 2.75) is 0 Å². The van der Waals surface area contributed by atoms with E-state index in [4.69, 9.17) is 0 Å². The number of rotatable bonds is 3. The van der Waals surface area contributed by atoms with Gasteiger partial charge in [-0.1, -0.05) is 15.9 Å². The largest absolute Gasteiger partial charge is 0.453 e. The summed E-state index contributed by atoms with van der Waals surface area (Å²) in [6, 6.07) is 9.18. The Balaban J connectivity index is 2.22. The molecule has 0 heterocycles. The lowest BCUT2D eigenvalue weighted by molar-refractivity contribution is 0.102. The standard InChI is InChI=1S/C15H11BrFIN2O3/c1-23-15(22)20-13-7-9(3-4-11(13)17)19-14(21)10-6-8(16)2-5-12(10)18/h2-7H,1H3,(H,19,21)(H,20,22). The van der Waals surface area contributed by atoms with Gasteiger partial charge in [-0.25, -0.2) is 9.18 Å². The van der Waals surface area contributed by atoms with Crippen LogP contribution in [0.5, 0.6) is 0 Å². The highest BCUT2D eigenvalue weighted by molar-refractivity contribution is 14.1. The first-order valence-corrected chi connectivity index (χ1v) is 8.19. The molecule has 5 nitrogen and oxygen atoms in total. The molecule has 0 spiro atoms. The molecule has 0 unspecified atom stereocenters. The third kappa shape index (κ3) is 4.64. The molecule has 120 valence electrons. The van der Waals surface area contributed by atoms with Crippen molar-refractivity contribution in [3.8, 4) is 0 Å². The van der Waals surface area contributed by atoms with E-state index in [2.05, 4.69) is 53.9 Å². The summed E-state index contributed by atoms with van der Waals surface area (Å²) >= 11 is 5.36. The zero-order chi connectivity index (χ0) is 17.0. The van der Waals surface area contributed by atoms with Gasteiger partial charge in [0.15, 0.2) is 0 Å². The fourth-order valence-electron chi connectivity index (χ4n) is 1.73. The molecule has 2 amide bonds. The molecule has 0 atom stereocenters. The average molecular weight is 493 g/mol. The Bertz CT molecular complexity index is 770. The minimum absolute atomic E-state index is 0.0846. The van der Waals surface area contributed by atoms with Crippen molar-refractivity contribution in [2.24, 2.45) is 0 Å². The summed E-state index contributed by atoms with van der Waals surface area (Å²) in [5, 5.41) is 4.90. The molecule has 0 fully saturated rings. The van der Waals surface area contributed by atoms with E-state index in [-0.39, 0.29) is 11.6 Å². The summed E-state index contributed by atoms with van der Waals surface area (Å²) in [4.78, 5) is 23.5. The first kappa shape index (κ1) is 17.7. The molecule has 0 aliphatic rings. The first-order valence-electron chi connectivity index (χ1n) is 6.31. The van der Waals surface area contributed by atoms with Gasteiger partial charge in [-0.05, 0) is 59.0 Å². The summed E-state index contributed by atoms with van der Waals surface area (Å²) < 4.78 is 19.6. The molecule has 0 radical (unpaired) electrons. The summed E-state index contributed by atoms with van der Waals surface area (Å²) in [6.07, 6.45) is -0.797. The van der Waals surface area contributed by atoms with E-state index in [9.17, 15) is 14.0 Å². The minimum Gasteiger partial charge on any atom is -0.453 e. The van der Waals surface area contributed by atoms with Crippen molar-refractivity contribution in [1.82, 2.24) is 0 Å². The molecule has 2 aromatic rings. The van der Waals surface area contributed by atoms with E-state index in [0.29, 0.717) is 11.3 Å². The van der Waals surface area contributed by atoms with E-state index in [1.165, 1.54) is 19.2 Å². The van der Waals surface area contributed by atoms with Crippen LogP contribution in [-0.4, -0.2) is 19.1 Å². The molecular formula is C15H11BrFIN2O3. The highest BCUT2D eigenvalue weighted by atomic mass is 127. The van der Waals surface area contributed by atoms with E-state index in [0.717, 1.165) is 14.1 Å². The SMILES string of the molecule is COC(=O)Nc1cc(NC(=O)c2cc(Br)ccc2I)ccc1F. The number of hydrogen-bond donors (Lipinski definition) is 2. The second kappa shape index (κ2) is 7.73. The number of carbonyl (C=O) groups is 2. The number of carbonyl (C=O) groups excluding carboxylic acids is 2. The lowest BCUT2D eigenvalue weighted by Gasteiger charge is -2.10. The van der Waals surface area contributed by atoms with Crippen molar-refractivity contribution in [3.05, 3.63) is 55.8 Å². The lowest BCUT2D eigenvalue weighted by Crippen LogP contribution is -2.15. The number of halogens is 3. The van der Waals surface area contributed by atoms with Crippen LogP contribution < -0.4 is 10.6 Å². The van der Waals surface area contributed by atoms with Crippen molar-refractivity contribution in [3.63, 3.8) is 0 Å². The molecule has 0 aliphatic carbocycles. The number of methoxy groups -OCH3 is 1. The summed E-state index contributed by atoms with van der Waals surface area (Å²) in [6.45, 7) is 0. The van der Waals surface area contributed by atoms with Crippen LogP contribution in [0, 0.1) is 9.39 Å². The quantitative estimate of drug-likeness (QED) is 0.614. The topological polar surface area (TPSA) is 67.4 Å². The van der Waals surface area contributed by atoms with Gasteiger partial charge in [0.2, 0.25) is 0 Å². The molecule has 2 rings (SSSR count). The highest BCUT2D eigenvalue weighted by Crippen LogP contribution is 2.23. The summed E-state index contributed by atoms with van der Waals surface area (Å²) in [5.41, 5.74) is 0.740. The average Bonchev–Trinajstić information content (AvgIpc) is 2.52. The number of hydrogen-bond acceptors (Lipinski definition) is 3. The number of ether oxygens (including phenoxy) is 1. The van der Waals surface area contributed by atoms with Gasteiger partial charge in [-0.3, -0.25) is 10.1 Å². The van der Waals surface area contributed by atoms with Crippen molar-refractivity contribution >= 4 is 61.9 Å². The minimum atomic E-state index is -0.797. The fraction of sp³-hybridized carbons (Fsp3) is 0.0667. The Morgan fingerprint density at radius 2 is 1.91 bits per heavy atom. The second-order valence-electron chi connectivity index (χ2n) is 4.39. The number of nitrogens with one attached hydrogen (secondary N) is 2. The van der Waals surface area contributed by atoms with Gasteiger partial charge in [0.1, 0.15) is 5.82 Å².